The number of amides is 2. The molecule has 0 saturated carbocycles. The third kappa shape index (κ3) is 20.5. The highest BCUT2D eigenvalue weighted by Crippen LogP contribution is 2.45. The lowest BCUT2D eigenvalue weighted by Crippen LogP contribution is -2.65. The van der Waals surface area contributed by atoms with Crippen LogP contribution in [0.25, 0.3) is 0 Å². The Morgan fingerprint density at radius 2 is 0.864 bits per heavy atom. The minimum absolute atomic E-state index is 0.0487. The van der Waals surface area contributed by atoms with Crippen molar-refractivity contribution >= 4 is 17.8 Å². The average molecular weight is 1170 g/mol. The van der Waals surface area contributed by atoms with Gasteiger partial charge in [-0.1, -0.05) is 123 Å². The molecule has 0 aromatic rings. The van der Waals surface area contributed by atoms with Crippen molar-refractivity contribution in [2.24, 2.45) is 71.0 Å². The molecule has 4 rings (SSSR count). The Balaban J connectivity index is 0.00000104. The smallest absolute Gasteiger partial charge is 0.364 e. The van der Waals surface area contributed by atoms with E-state index in [9.17, 15) is 39.9 Å². The molecular formula is C61H121N3O17. The van der Waals surface area contributed by atoms with E-state index in [-0.39, 0.29) is 30.5 Å². The summed E-state index contributed by atoms with van der Waals surface area (Å²) in [6.45, 7) is 34.7. The highest BCUT2D eigenvalue weighted by molar-refractivity contribution is 5.84. The summed E-state index contributed by atoms with van der Waals surface area (Å²) in [5.41, 5.74) is 0. The number of hydrogen-bond donors (Lipinski definition) is 7. The van der Waals surface area contributed by atoms with Gasteiger partial charge in [0.15, 0.2) is 5.79 Å². The SMILES string of the molecule is CC[C@@H](C)[C@@H](C)C1OC(C)(OC)CC(C)C1C.CC[C@@H](C)[C@@H](C)C1OC(OC)(C(=O)N(C)C)CC(C)C1C.CC[C@@H](C)[C@@H](C)C1OC(OC)(C(=O)O)CC(C)C1C.CNC.COC1(C(=O)N(C)C)CC(O)C(O)C(C(O)C(O)CO)O1. The number of carbonyl (C=O) groups is 3. The van der Waals surface area contributed by atoms with Gasteiger partial charge in [0.2, 0.25) is 5.79 Å². The monoisotopic (exact) mass is 1170 g/mol. The highest BCUT2D eigenvalue weighted by atomic mass is 16.7. The first kappa shape index (κ1) is 78.8. The van der Waals surface area contributed by atoms with Crippen molar-refractivity contribution in [3.63, 3.8) is 0 Å². The number of carboxylic acids is 1. The van der Waals surface area contributed by atoms with Crippen LogP contribution in [-0.4, -0.2) is 208 Å². The predicted molar refractivity (Wildman–Crippen MR) is 315 cm³/mol. The molecule has 4 saturated heterocycles. The lowest BCUT2D eigenvalue weighted by atomic mass is 9.74. The molecule has 81 heavy (non-hydrogen) atoms. The van der Waals surface area contributed by atoms with Crippen LogP contribution < -0.4 is 5.32 Å². The van der Waals surface area contributed by atoms with Crippen molar-refractivity contribution in [1.29, 1.82) is 0 Å². The molecule has 0 bridgehead atoms. The molecule has 4 aliphatic rings. The minimum atomic E-state index is -1.89. The van der Waals surface area contributed by atoms with E-state index in [1.165, 1.54) is 39.6 Å². The van der Waals surface area contributed by atoms with Gasteiger partial charge in [-0.3, -0.25) is 9.59 Å². The highest BCUT2D eigenvalue weighted by Gasteiger charge is 2.56. The summed E-state index contributed by atoms with van der Waals surface area (Å²) in [6, 6.07) is 0. The average Bonchev–Trinajstić information content (AvgIpc) is 3.44. The van der Waals surface area contributed by atoms with Crippen LogP contribution in [0.1, 0.15) is 156 Å². The lowest BCUT2D eigenvalue weighted by Gasteiger charge is -2.48. The number of carboxylic acid groups (broad SMARTS) is 1. The van der Waals surface area contributed by atoms with E-state index in [4.69, 9.17) is 43.0 Å². The molecule has 7 N–H and O–H groups in total. The molecule has 2 amide bonds. The van der Waals surface area contributed by atoms with Gasteiger partial charge >= 0.3 is 5.97 Å². The van der Waals surface area contributed by atoms with Crippen LogP contribution in [0, 0.1) is 71.0 Å². The Hall–Kier alpha value is -2.15. The van der Waals surface area contributed by atoms with Crippen LogP contribution in [0.3, 0.4) is 0 Å². The maximum Gasteiger partial charge on any atom is 0.364 e. The predicted octanol–water partition coefficient (Wildman–Crippen LogP) is 6.89. The van der Waals surface area contributed by atoms with Gasteiger partial charge in [-0.15, -0.1) is 0 Å². The van der Waals surface area contributed by atoms with Gasteiger partial charge in [-0.05, 0) is 92.0 Å². The summed E-state index contributed by atoms with van der Waals surface area (Å²) in [5.74, 6) is -0.845. The Labute approximate surface area is 490 Å². The molecule has 482 valence electrons. The summed E-state index contributed by atoms with van der Waals surface area (Å²) in [7, 11) is 16.1. The zero-order valence-corrected chi connectivity index (χ0v) is 55.3. The number of hydrogen-bond acceptors (Lipinski definition) is 17. The summed E-state index contributed by atoms with van der Waals surface area (Å²) < 4.78 is 45.3. The van der Waals surface area contributed by atoms with Crippen LogP contribution >= 0.6 is 0 Å². The number of ether oxygens (including phenoxy) is 8. The first-order chi connectivity index (χ1) is 37.4. The standard InChI is InChI=1S/C17H33NO3.C15H28O4.C15H30O2.C12H23NO8.C2H7N/c1-9-11(2)13(4)15-14(5)12(3)10-17(20-8,21-15)16(19)18(6)7;1-7-9(2)11(4)13-12(5)10(3)8-15(18-6,19-13)14(16)17;1-8-10(2)12(4)14-13(5)11(3)9-15(6,16-7)17-14;1-13(2)11(19)12(20-3)4-6(15)8(17)10(21-12)9(18)7(16)5-14;1-3-2/h11-15H,9-10H2,1-8H3;9-13H,7-8H2,1-6H3,(H,16,17);10-14H,8-9H2,1-7H3;6-10,14-18H,4-5H2,1-3H3;3H,1-2H3/t11-,12?,13-,14?,15?,17?;9-,10?,11-,12?,13?,15?;10-,11?,12-,13?,14?,15?;;/m111../s1. The zero-order chi connectivity index (χ0) is 63.5. The zero-order valence-electron chi connectivity index (χ0n) is 55.3. The van der Waals surface area contributed by atoms with Crippen LogP contribution in [0.15, 0.2) is 0 Å². The molecule has 20 heteroatoms. The van der Waals surface area contributed by atoms with Crippen LogP contribution in [0.2, 0.25) is 0 Å². The number of aliphatic hydroxyl groups is 5. The van der Waals surface area contributed by atoms with Crippen molar-refractivity contribution in [1.82, 2.24) is 15.1 Å². The van der Waals surface area contributed by atoms with E-state index in [0.29, 0.717) is 84.0 Å². The van der Waals surface area contributed by atoms with Gasteiger partial charge in [-0.25, -0.2) is 4.79 Å². The molecule has 0 radical (unpaired) electrons. The molecule has 4 heterocycles. The van der Waals surface area contributed by atoms with Crippen LogP contribution in [0.5, 0.6) is 0 Å². The molecule has 20 nitrogen and oxygen atoms in total. The number of aliphatic hydroxyl groups excluding tert-OH is 5. The minimum Gasteiger partial charge on any atom is -0.477 e. The molecule has 24 atom stereocenters. The Kier molecular flexibility index (Phi) is 34.5. The number of rotatable bonds is 19. The summed E-state index contributed by atoms with van der Waals surface area (Å²) >= 11 is 0. The normalized spacial score (nSPS) is 36.9. The molecule has 0 aromatic heterocycles. The van der Waals surface area contributed by atoms with Crippen molar-refractivity contribution in [3.8, 4) is 0 Å². The van der Waals surface area contributed by atoms with E-state index in [1.54, 1.807) is 33.2 Å². The van der Waals surface area contributed by atoms with Crippen LogP contribution in [-0.2, 0) is 52.3 Å². The summed E-state index contributed by atoms with van der Waals surface area (Å²) in [6.07, 6.45) is -2.38. The van der Waals surface area contributed by atoms with Gasteiger partial charge in [0.1, 0.15) is 24.4 Å². The van der Waals surface area contributed by atoms with E-state index >= 15 is 0 Å². The van der Waals surface area contributed by atoms with Crippen molar-refractivity contribution in [3.05, 3.63) is 0 Å². The second-order valence-corrected chi connectivity index (χ2v) is 25.1. The van der Waals surface area contributed by atoms with Gasteiger partial charge in [-0.2, -0.15) is 0 Å². The number of aliphatic carboxylic acids is 1. The van der Waals surface area contributed by atoms with E-state index < -0.39 is 72.2 Å². The van der Waals surface area contributed by atoms with Crippen LogP contribution in [0.4, 0.5) is 0 Å². The Bertz CT molecular complexity index is 1730. The second-order valence-electron chi connectivity index (χ2n) is 25.1. The van der Waals surface area contributed by atoms with E-state index in [2.05, 4.69) is 116 Å². The summed E-state index contributed by atoms with van der Waals surface area (Å²) in [4.78, 5) is 39.1. The first-order valence-electron chi connectivity index (χ1n) is 29.9. The Morgan fingerprint density at radius 3 is 1.17 bits per heavy atom. The van der Waals surface area contributed by atoms with E-state index in [1.807, 2.05) is 14.1 Å². The molecule has 0 spiro atoms. The molecule has 18 unspecified atom stereocenters. The fourth-order valence-corrected chi connectivity index (χ4v) is 11.4. The Morgan fingerprint density at radius 1 is 0.556 bits per heavy atom. The molecular weight excluding hydrogens is 1050 g/mol. The summed E-state index contributed by atoms with van der Waals surface area (Å²) in [5, 5.41) is 60.2. The van der Waals surface area contributed by atoms with Crippen molar-refractivity contribution in [2.45, 2.75) is 228 Å². The van der Waals surface area contributed by atoms with Crippen molar-refractivity contribution in [2.75, 3.05) is 77.3 Å². The molecule has 4 aliphatic heterocycles. The quantitative estimate of drug-likeness (QED) is 0.0694. The number of nitrogens with one attached hydrogen (secondary N) is 1. The largest absolute Gasteiger partial charge is 0.477 e. The fraction of sp³-hybridized carbons (Fsp3) is 0.951. The fourth-order valence-electron chi connectivity index (χ4n) is 11.4. The number of methoxy groups -OCH3 is 4. The third-order valence-corrected chi connectivity index (χ3v) is 19.0. The van der Waals surface area contributed by atoms with E-state index in [0.717, 1.165) is 19.3 Å². The maximum atomic E-state index is 12.6. The van der Waals surface area contributed by atoms with Crippen molar-refractivity contribution < 1.29 is 82.9 Å². The van der Waals surface area contributed by atoms with Gasteiger partial charge in [0.25, 0.3) is 23.4 Å². The topological polar surface area (TPSA) is 265 Å². The first-order valence-corrected chi connectivity index (χ1v) is 29.9. The lowest BCUT2D eigenvalue weighted by molar-refractivity contribution is -0.317. The second kappa shape index (κ2) is 35.5. The number of nitrogens with zero attached hydrogens (tertiary/aromatic N) is 2. The maximum absolute atomic E-state index is 12.6. The number of likely N-dealkylation sites (N-methyl/N-ethyl adjacent to an activating group) is 2. The van der Waals surface area contributed by atoms with Gasteiger partial charge in [0.05, 0.1) is 31.0 Å². The van der Waals surface area contributed by atoms with Gasteiger partial charge < -0.3 is 83.7 Å². The molecule has 0 aromatic carbocycles. The number of carbonyl (C=O) groups excluding carboxylic acids is 2. The van der Waals surface area contributed by atoms with Gasteiger partial charge in [0, 0.05) is 82.3 Å². The molecule has 4 fully saturated rings. The third-order valence-electron chi connectivity index (χ3n) is 19.0. The molecule has 0 aliphatic carbocycles.